The number of hydrogen-bond donors (Lipinski definition) is 1. The van der Waals surface area contributed by atoms with E-state index in [-0.39, 0.29) is 0 Å². The highest BCUT2D eigenvalue weighted by molar-refractivity contribution is 6.30. The monoisotopic (exact) mass is 235 g/mol. The third-order valence-electron chi connectivity index (χ3n) is 2.73. The number of aromatic nitrogens is 3. The van der Waals surface area contributed by atoms with Crippen molar-refractivity contribution in [1.29, 1.82) is 0 Å². The molecule has 0 amide bonds. The van der Waals surface area contributed by atoms with E-state index in [2.05, 4.69) is 28.4 Å². The highest BCUT2D eigenvalue weighted by atomic mass is 35.5. The van der Waals surface area contributed by atoms with Gasteiger partial charge in [0.2, 0.25) is 0 Å². The van der Waals surface area contributed by atoms with E-state index < -0.39 is 0 Å². The molecule has 1 aromatic carbocycles. The number of aromatic amines is 1. The van der Waals surface area contributed by atoms with E-state index in [1.807, 2.05) is 18.2 Å². The Morgan fingerprint density at radius 1 is 1.44 bits per heavy atom. The normalized spacial score (nSPS) is 12.6. The summed E-state index contributed by atoms with van der Waals surface area (Å²) in [4.78, 5) is 0. The average molecular weight is 236 g/mol. The maximum Gasteiger partial charge on any atom is 0.0830 e. The molecule has 0 saturated carbocycles. The van der Waals surface area contributed by atoms with Crippen LogP contribution in [0.1, 0.15) is 30.5 Å². The van der Waals surface area contributed by atoms with Gasteiger partial charge in [0.15, 0.2) is 0 Å². The molecule has 2 aromatic rings. The largest absolute Gasteiger partial charge is 0.198 e. The van der Waals surface area contributed by atoms with E-state index in [4.69, 9.17) is 11.6 Å². The third kappa shape index (κ3) is 2.61. The number of nitrogens with one attached hydrogen (secondary N) is 1. The molecule has 0 radical (unpaired) electrons. The van der Waals surface area contributed by atoms with Gasteiger partial charge in [0.1, 0.15) is 0 Å². The Balaban J connectivity index is 2.16. The molecule has 1 heterocycles. The summed E-state index contributed by atoms with van der Waals surface area (Å²) in [6, 6.07) is 8.02. The number of rotatable bonds is 4. The van der Waals surface area contributed by atoms with Gasteiger partial charge in [-0.1, -0.05) is 30.7 Å². The van der Waals surface area contributed by atoms with Gasteiger partial charge in [-0.25, -0.2) is 0 Å². The van der Waals surface area contributed by atoms with Crippen molar-refractivity contribution in [3.05, 3.63) is 46.7 Å². The second-order valence-electron chi connectivity index (χ2n) is 3.83. The molecule has 84 valence electrons. The average Bonchev–Trinajstić information content (AvgIpc) is 2.78. The first-order chi connectivity index (χ1) is 7.79. The van der Waals surface area contributed by atoms with Crippen LogP contribution in [0.4, 0.5) is 0 Å². The van der Waals surface area contributed by atoms with Crippen molar-refractivity contribution in [3.63, 3.8) is 0 Å². The molecule has 16 heavy (non-hydrogen) atoms. The Labute approximate surface area is 99.8 Å². The minimum absolute atomic E-state index is 0.448. The van der Waals surface area contributed by atoms with Crippen molar-refractivity contribution in [2.45, 2.75) is 25.7 Å². The van der Waals surface area contributed by atoms with Crippen molar-refractivity contribution in [2.75, 3.05) is 0 Å². The minimum Gasteiger partial charge on any atom is -0.198 e. The zero-order chi connectivity index (χ0) is 11.4. The number of halogens is 1. The van der Waals surface area contributed by atoms with E-state index >= 15 is 0 Å². The van der Waals surface area contributed by atoms with Crippen LogP contribution in [0.25, 0.3) is 0 Å². The SMILES string of the molecule is CCC(Cc1cn[nH]n1)c1cccc(Cl)c1. The van der Waals surface area contributed by atoms with Gasteiger partial charge < -0.3 is 0 Å². The molecule has 0 fully saturated rings. The quantitative estimate of drug-likeness (QED) is 0.884. The van der Waals surface area contributed by atoms with Gasteiger partial charge >= 0.3 is 0 Å². The zero-order valence-corrected chi connectivity index (χ0v) is 9.91. The highest BCUT2D eigenvalue weighted by Gasteiger charge is 2.12. The Bertz CT molecular complexity index is 439. The second kappa shape index (κ2) is 5.12. The molecular formula is C12H14ClN3. The predicted molar refractivity (Wildman–Crippen MR) is 64.6 cm³/mol. The lowest BCUT2D eigenvalue weighted by atomic mass is 9.92. The van der Waals surface area contributed by atoms with Crippen molar-refractivity contribution < 1.29 is 0 Å². The van der Waals surface area contributed by atoms with E-state index in [0.29, 0.717) is 5.92 Å². The summed E-state index contributed by atoms with van der Waals surface area (Å²) < 4.78 is 0. The van der Waals surface area contributed by atoms with Gasteiger partial charge in [-0.15, -0.1) is 0 Å². The topological polar surface area (TPSA) is 41.6 Å². The van der Waals surface area contributed by atoms with Crippen LogP contribution < -0.4 is 0 Å². The van der Waals surface area contributed by atoms with Crippen LogP contribution in [-0.2, 0) is 6.42 Å². The number of hydrogen-bond acceptors (Lipinski definition) is 2. The van der Waals surface area contributed by atoms with Crippen LogP contribution in [0.5, 0.6) is 0 Å². The van der Waals surface area contributed by atoms with Crippen molar-refractivity contribution >= 4 is 11.6 Å². The third-order valence-corrected chi connectivity index (χ3v) is 2.97. The van der Waals surface area contributed by atoms with Crippen molar-refractivity contribution in [1.82, 2.24) is 15.4 Å². The van der Waals surface area contributed by atoms with Crippen LogP contribution in [0.3, 0.4) is 0 Å². The lowest BCUT2D eigenvalue weighted by molar-refractivity contribution is 0.648. The van der Waals surface area contributed by atoms with Crippen LogP contribution in [-0.4, -0.2) is 15.4 Å². The van der Waals surface area contributed by atoms with E-state index in [9.17, 15) is 0 Å². The number of benzene rings is 1. The molecule has 0 aliphatic heterocycles. The Morgan fingerprint density at radius 2 is 2.31 bits per heavy atom. The highest BCUT2D eigenvalue weighted by Crippen LogP contribution is 2.25. The molecule has 1 unspecified atom stereocenters. The summed E-state index contributed by atoms with van der Waals surface area (Å²) >= 11 is 5.99. The zero-order valence-electron chi connectivity index (χ0n) is 9.15. The molecule has 0 aliphatic rings. The summed E-state index contributed by atoms with van der Waals surface area (Å²) in [6.07, 6.45) is 3.73. The van der Waals surface area contributed by atoms with Gasteiger partial charge in [0.25, 0.3) is 0 Å². The van der Waals surface area contributed by atoms with Crippen LogP contribution in [0.15, 0.2) is 30.5 Å². The second-order valence-corrected chi connectivity index (χ2v) is 4.26. The smallest absolute Gasteiger partial charge is 0.0830 e. The molecule has 3 nitrogen and oxygen atoms in total. The lowest BCUT2D eigenvalue weighted by Crippen LogP contribution is -2.02. The van der Waals surface area contributed by atoms with Crippen LogP contribution in [0, 0.1) is 0 Å². The molecule has 0 saturated heterocycles. The number of nitrogens with zero attached hydrogens (tertiary/aromatic N) is 2. The molecule has 2 rings (SSSR count). The summed E-state index contributed by atoms with van der Waals surface area (Å²) in [5.74, 6) is 0.448. The van der Waals surface area contributed by atoms with Crippen molar-refractivity contribution in [2.24, 2.45) is 0 Å². The van der Waals surface area contributed by atoms with Gasteiger partial charge in [-0.2, -0.15) is 15.4 Å². The van der Waals surface area contributed by atoms with E-state index in [0.717, 1.165) is 23.6 Å². The molecule has 0 spiro atoms. The first kappa shape index (κ1) is 11.1. The maximum atomic E-state index is 5.99. The first-order valence-corrected chi connectivity index (χ1v) is 5.77. The van der Waals surface area contributed by atoms with Gasteiger partial charge in [-0.05, 0) is 36.5 Å². The maximum absolute atomic E-state index is 5.99. The molecule has 4 heteroatoms. The fraction of sp³-hybridized carbons (Fsp3) is 0.333. The lowest BCUT2D eigenvalue weighted by Gasteiger charge is -2.13. The summed E-state index contributed by atoms with van der Waals surface area (Å²) in [7, 11) is 0. The van der Waals surface area contributed by atoms with Crippen LogP contribution in [0.2, 0.25) is 5.02 Å². The molecule has 1 aromatic heterocycles. The number of H-pyrrole nitrogens is 1. The molecule has 1 atom stereocenters. The standard InChI is InChI=1S/C12H14ClN3/c1-2-9(7-12-8-14-16-15-12)10-4-3-5-11(13)6-10/h3-6,8-9H,2,7H2,1H3,(H,14,15,16). The summed E-state index contributed by atoms with van der Waals surface area (Å²) in [6.45, 7) is 2.17. The fourth-order valence-electron chi connectivity index (χ4n) is 1.83. The summed E-state index contributed by atoms with van der Waals surface area (Å²) in [5.41, 5.74) is 2.25. The fourth-order valence-corrected chi connectivity index (χ4v) is 2.03. The molecular weight excluding hydrogens is 222 g/mol. The molecule has 0 bridgehead atoms. The Hall–Kier alpha value is -1.35. The van der Waals surface area contributed by atoms with E-state index in [1.54, 1.807) is 6.20 Å². The summed E-state index contributed by atoms with van der Waals surface area (Å²) in [5, 5.41) is 11.3. The van der Waals surface area contributed by atoms with Gasteiger partial charge in [-0.3, -0.25) is 0 Å². The first-order valence-electron chi connectivity index (χ1n) is 5.39. The minimum atomic E-state index is 0.448. The van der Waals surface area contributed by atoms with Crippen LogP contribution >= 0.6 is 11.6 Å². The van der Waals surface area contributed by atoms with Gasteiger partial charge in [0, 0.05) is 5.02 Å². The predicted octanol–water partition coefficient (Wildman–Crippen LogP) is 3.19. The molecule has 0 aliphatic carbocycles. The molecule has 1 N–H and O–H groups in total. The Kier molecular flexibility index (Phi) is 3.57. The van der Waals surface area contributed by atoms with E-state index in [1.165, 1.54) is 5.56 Å². The van der Waals surface area contributed by atoms with Crippen molar-refractivity contribution in [3.8, 4) is 0 Å². The Morgan fingerprint density at radius 3 is 2.94 bits per heavy atom. The van der Waals surface area contributed by atoms with Gasteiger partial charge in [0.05, 0.1) is 11.9 Å².